The van der Waals surface area contributed by atoms with Gasteiger partial charge in [0, 0.05) is 16.4 Å². The van der Waals surface area contributed by atoms with Gasteiger partial charge in [-0.05, 0) is 61.9 Å². The third kappa shape index (κ3) is 4.58. The molecule has 0 aliphatic carbocycles. The molecule has 0 fully saturated rings. The summed E-state index contributed by atoms with van der Waals surface area (Å²) < 4.78 is 5.43. The summed E-state index contributed by atoms with van der Waals surface area (Å²) in [6, 6.07) is 13.2. The van der Waals surface area contributed by atoms with Gasteiger partial charge in [0.25, 0.3) is 0 Å². The zero-order chi connectivity index (χ0) is 17.6. The fourth-order valence-corrected chi connectivity index (χ4v) is 2.48. The van der Waals surface area contributed by atoms with Crippen molar-refractivity contribution in [2.45, 2.75) is 13.8 Å². The third-order valence-corrected chi connectivity index (χ3v) is 3.67. The van der Waals surface area contributed by atoms with Crippen LogP contribution in [-0.2, 0) is 0 Å². The molecule has 0 aliphatic heterocycles. The average Bonchev–Trinajstić information content (AvgIpc) is 2.60. The lowest BCUT2D eigenvalue weighted by atomic mass is 10.2. The highest BCUT2D eigenvalue weighted by atomic mass is 35.5. The zero-order valence-corrected chi connectivity index (χ0v) is 14.7. The topological polar surface area (TPSA) is 72.0 Å². The highest BCUT2D eigenvalue weighted by Crippen LogP contribution is 2.23. The van der Waals surface area contributed by atoms with Crippen molar-refractivity contribution in [1.29, 1.82) is 0 Å². The predicted octanol–water partition coefficient (Wildman–Crippen LogP) is 4.72. The molecule has 7 heteroatoms. The normalized spacial score (nSPS) is 10.4. The molecular formula is C18H18ClN5O. The molecule has 0 atom stereocenters. The predicted molar refractivity (Wildman–Crippen MR) is 100 cm³/mol. The molecule has 0 radical (unpaired) electrons. The number of ether oxygens (including phenoxy) is 1. The maximum Gasteiger partial charge on any atom is 0.249 e. The average molecular weight is 356 g/mol. The van der Waals surface area contributed by atoms with E-state index in [2.05, 4.69) is 25.8 Å². The van der Waals surface area contributed by atoms with E-state index in [1.165, 1.54) is 0 Å². The van der Waals surface area contributed by atoms with E-state index in [4.69, 9.17) is 16.3 Å². The molecule has 2 N–H and O–H groups in total. The Kier molecular flexibility index (Phi) is 5.30. The molecule has 0 saturated heterocycles. The Labute approximate surface area is 151 Å². The number of halogens is 1. The lowest BCUT2D eigenvalue weighted by Gasteiger charge is -2.10. The fraction of sp³-hybridized carbons (Fsp3) is 0.167. The molecule has 3 rings (SSSR count). The summed E-state index contributed by atoms with van der Waals surface area (Å²) in [6.45, 7) is 4.56. The van der Waals surface area contributed by atoms with Gasteiger partial charge in [0.2, 0.25) is 5.95 Å². The zero-order valence-electron chi connectivity index (χ0n) is 14.0. The SMILES string of the molecule is CCOc1ccc(Nc2nncc(Nc3ccc(Cl)cc3C)n2)cc1. The molecule has 3 aromatic rings. The first kappa shape index (κ1) is 17.0. The minimum absolute atomic E-state index is 0.403. The second-order valence-corrected chi connectivity index (χ2v) is 5.77. The summed E-state index contributed by atoms with van der Waals surface area (Å²) >= 11 is 5.98. The van der Waals surface area contributed by atoms with Crippen LogP contribution in [0, 0.1) is 6.92 Å². The lowest BCUT2D eigenvalue weighted by Crippen LogP contribution is -2.03. The molecule has 0 unspecified atom stereocenters. The Bertz CT molecular complexity index is 854. The molecule has 0 saturated carbocycles. The highest BCUT2D eigenvalue weighted by molar-refractivity contribution is 6.30. The van der Waals surface area contributed by atoms with Crippen LogP contribution in [-0.4, -0.2) is 21.8 Å². The molecule has 0 aliphatic rings. The number of rotatable bonds is 6. The van der Waals surface area contributed by atoms with E-state index < -0.39 is 0 Å². The number of aromatic nitrogens is 3. The highest BCUT2D eigenvalue weighted by Gasteiger charge is 2.05. The van der Waals surface area contributed by atoms with Crippen LogP contribution in [0.4, 0.5) is 23.1 Å². The third-order valence-electron chi connectivity index (χ3n) is 3.43. The number of anilines is 4. The maximum absolute atomic E-state index is 5.98. The van der Waals surface area contributed by atoms with E-state index in [1.54, 1.807) is 6.20 Å². The second-order valence-electron chi connectivity index (χ2n) is 5.33. The van der Waals surface area contributed by atoms with Crippen LogP contribution in [0.25, 0.3) is 0 Å². The Morgan fingerprint density at radius 2 is 1.88 bits per heavy atom. The minimum atomic E-state index is 0.403. The lowest BCUT2D eigenvalue weighted by molar-refractivity contribution is 0.340. The second kappa shape index (κ2) is 7.81. The number of aryl methyl sites for hydroxylation is 1. The van der Waals surface area contributed by atoms with E-state index in [0.29, 0.717) is 23.4 Å². The molecule has 1 aromatic heterocycles. The first-order chi connectivity index (χ1) is 12.1. The molecule has 2 aromatic carbocycles. The first-order valence-corrected chi connectivity index (χ1v) is 8.24. The molecule has 128 valence electrons. The molecule has 0 bridgehead atoms. The van der Waals surface area contributed by atoms with E-state index in [9.17, 15) is 0 Å². The van der Waals surface area contributed by atoms with Gasteiger partial charge in [-0.3, -0.25) is 0 Å². The number of nitrogens with one attached hydrogen (secondary N) is 2. The van der Waals surface area contributed by atoms with Crippen molar-refractivity contribution in [3.8, 4) is 5.75 Å². The Hall–Kier alpha value is -2.86. The van der Waals surface area contributed by atoms with Crippen molar-refractivity contribution >= 4 is 34.7 Å². The van der Waals surface area contributed by atoms with Crippen LogP contribution in [0.1, 0.15) is 12.5 Å². The van der Waals surface area contributed by atoms with Crippen molar-refractivity contribution in [1.82, 2.24) is 15.2 Å². The number of hydrogen-bond donors (Lipinski definition) is 2. The van der Waals surface area contributed by atoms with Crippen LogP contribution in [0.15, 0.2) is 48.7 Å². The largest absolute Gasteiger partial charge is 0.494 e. The number of nitrogens with zero attached hydrogens (tertiary/aromatic N) is 3. The van der Waals surface area contributed by atoms with Crippen LogP contribution in [0.3, 0.4) is 0 Å². The molecule has 6 nitrogen and oxygen atoms in total. The fourth-order valence-electron chi connectivity index (χ4n) is 2.25. The van der Waals surface area contributed by atoms with Gasteiger partial charge in [-0.25, -0.2) is 0 Å². The number of hydrogen-bond acceptors (Lipinski definition) is 6. The molecule has 1 heterocycles. The van der Waals surface area contributed by atoms with Gasteiger partial charge in [-0.15, -0.1) is 5.10 Å². The first-order valence-electron chi connectivity index (χ1n) is 7.87. The van der Waals surface area contributed by atoms with Crippen LogP contribution in [0.5, 0.6) is 5.75 Å². The Balaban J connectivity index is 1.72. The summed E-state index contributed by atoms with van der Waals surface area (Å²) in [6.07, 6.45) is 1.57. The standard InChI is InChI=1S/C18H18ClN5O/c1-3-25-15-7-5-14(6-8-15)21-18-23-17(11-20-24-18)22-16-9-4-13(19)10-12(16)2/h4-11H,3H2,1-2H3,(H2,21,22,23,24). The van der Waals surface area contributed by atoms with Gasteiger partial charge in [-0.1, -0.05) is 11.6 Å². The van der Waals surface area contributed by atoms with E-state index in [1.807, 2.05) is 56.3 Å². The summed E-state index contributed by atoms with van der Waals surface area (Å²) in [5.74, 6) is 1.82. The quantitative estimate of drug-likeness (QED) is 0.666. The molecule has 0 amide bonds. The Morgan fingerprint density at radius 1 is 1.08 bits per heavy atom. The van der Waals surface area contributed by atoms with Gasteiger partial charge < -0.3 is 15.4 Å². The summed E-state index contributed by atoms with van der Waals surface area (Å²) in [5.41, 5.74) is 2.79. The molecular weight excluding hydrogens is 338 g/mol. The van der Waals surface area contributed by atoms with Crippen molar-refractivity contribution in [3.05, 3.63) is 59.2 Å². The van der Waals surface area contributed by atoms with Gasteiger partial charge in [0.15, 0.2) is 5.82 Å². The van der Waals surface area contributed by atoms with Gasteiger partial charge in [0.1, 0.15) is 5.75 Å². The molecule has 0 spiro atoms. The van der Waals surface area contributed by atoms with Crippen molar-refractivity contribution in [2.24, 2.45) is 0 Å². The summed E-state index contributed by atoms with van der Waals surface area (Å²) in [4.78, 5) is 4.43. The van der Waals surface area contributed by atoms with E-state index >= 15 is 0 Å². The van der Waals surface area contributed by atoms with Crippen molar-refractivity contribution < 1.29 is 4.74 Å². The number of benzene rings is 2. The van der Waals surface area contributed by atoms with Crippen molar-refractivity contribution in [3.63, 3.8) is 0 Å². The summed E-state index contributed by atoms with van der Waals surface area (Å²) in [5, 5.41) is 15.0. The van der Waals surface area contributed by atoms with Crippen molar-refractivity contribution in [2.75, 3.05) is 17.2 Å². The van der Waals surface area contributed by atoms with E-state index in [0.717, 1.165) is 22.7 Å². The smallest absolute Gasteiger partial charge is 0.249 e. The van der Waals surface area contributed by atoms with Crippen LogP contribution in [0.2, 0.25) is 5.02 Å². The Morgan fingerprint density at radius 3 is 2.60 bits per heavy atom. The molecule has 25 heavy (non-hydrogen) atoms. The van der Waals surface area contributed by atoms with Gasteiger partial charge >= 0.3 is 0 Å². The van der Waals surface area contributed by atoms with Gasteiger partial charge in [-0.2, -0.15) is 10.1 Å². The summed E-state index contributed by atoms with van der Waals surface area (Å²) in [7, 11) is 0. The van der Waals surface area contributed by atoms with E-state index in [-0.39, 0.29) is 0 Å². The maximum atomic E-state index is 5.98. The minimum Gasteiger partial charge on any atom is -0.494 e. The van der Waals surface area contributed by atoms with Crippen LogP contribution < -0.4 is 15.4 Å². The van der Waals surface area contributed by atoms with Gasteiger partial charge in [0.05, 0.1) is 12.8 Å². The monoisotopic (exact) mass is 355 g/mol. The van der Waals surface area contributed by atoms with Crippen LogP contribution >= 0.6 is 11.6 Å².